The van der Waals surface area contributed by atoms with Crippen LogP contribution in [-0.2, 0) is 69.0 Å². The Bertz CT molecular complexity index is 4670. The second kappa shape index (κ2) is 61.1. The average Bonchev–Trinajstić information content (AvgIpc) is 1.72. The van der Waals surface area contributed by atoms with Gasteiger partial charge in [-0.3, -0.25) is 24.5 Å². The number of hydrazine groups is 1. The number of unbranched alkanes of at least 4 members (excludes halogenated alkanes) is 2. The van der Waals surface area contributed by atoms with Gasteiger partial charge in [-0.1, -0.05) is 154 Å². The van der Waals surface area contributed by atoms with Crippen molar-refractivity contribution in [3.05, 3.63) is 241 Å². The molecule has 0 amide bonds. The van der Waals surface area contributed by atoms with Crippen molar-refractivity contribution in [1.82, 2.24) is 17.0 Å². The first-order chi connectivity index (χ1) is 63.2. The van der Waals surface area contributed by atoms with E-state index >= 15 is 0 Å². The van der Waals surface area contributed by atoms with E-state index in [0.717, 1.165) is 25.9 Å². The predicted molar refractivity (Wildman–Crippen MR) is 484 cm³/mol. The Hall–Kier alpha value is -10.0. The van der Waals surface area contributed by atoms with Crippen molar-refractivity contribution >= 4 is 47.3 Å². The molecule has 736 valence electrons. The van der Waals surface area contributed by atoms with E-state index in [1.54, 1.807) is 203 Å². The first kappa shape index (κ1) is 115. The van der Waals surface area contributed by atoms with Crippen molar-refractivity contribution < 1.29 is 167 Å². The minimum Gasteiger partial charge on any atom is -0.756 e. The van der Waals surface area contributed by atoms with E-state index in [4.69, 9.17) is 86.4 Å². The van der Waals surface area contributed by atoms with Crippen molar-refractivity contribution in [3.8, 4) is 46.0 Å². The second-order valence-electron chi connectivity index (χ2n) is 28.8. The molecular weight excluding hydrogens is 1800 g/mol. The number of methoxy groups -OCH3 is 4. The molecule has 18 atom stereocenters. The molecular formula is C92H126N3O35P3-2. The number of aromatic hydroxyl groups is 1. The fourth-order valence-electron chi connectivity index (χ4n) is 11.6. The van der Waals surface area contributed by atoms with E-state index in [2.05, 4.69) is 69.8 Å². The van der Waals surface area contributed by atoms with Gasteiger partial charge in [-0.05, 0) is 153 Å². The van der Waals surface area contributed by atoms with Gasteiger partial charge in [-0.15, -0.1) is 0 Å². The number of ether oxygens (including phenoxy) is 15. The molecule has 0 spiro atoms. The molecule has 41 heteroatoms. The summed E-state index contributed by atoms with van der Waals surface area (Å²) in [5.74, 6) is 2.15. The minimum absolute atomic E-state index is 0. The lowest BCUT2D eigenvalue weighted by molar-refractivity contribution is -0.242. The van der Waals surface area contributed by atoms with Gasteiger partial charge >= 0.3 is 31.7 Å². The summed E-state index contributed by atoms with van der Waals surface area (Å²) in [4.78, 5) is 72.1. The maximum atomic E-state index is 12.7. The lowest BCUT2D eigenvalue weighted by Crippen LogP contribution is -2.36. The highest BCUT2D eigenvalue weighted by Gasteiger charge is 2.51. The van der Waals surface area contributed by atoms with Crippen LogP contribution in [-0.4, -0.2) is 221 Å². The van der Waals surface area contributed by atoms with Gasteiger partial charge in [0.05, 0.1) is 75.9 Å². The Morgan fingerprint density at radius 1 is 0.376 bits per heavy atom. The van der Waals surface area contributed by atoms with E-state index in [9.17, 15) is 63.1 Å². The fourth-order valence-corrected chi connectivity index (χ4v) is 16.4. The van der Waals surface area contributed by atoms with Gasteiger partial charge in [-0.25, -0.2) is 36.7 Å². The predicted octanol–water partition coefficient (Wildman–Crippen LogP) is 12.1. The van der Waals surface area contributed by atoms with Crippen molar-refractivity contribution in [2.75, 3.05) is 75.1 Å². The Kier molecular flexibility index (Phi) is 52.9. The summed E-state index contributed by atoms with van der Waals surface area (Å²) in [7, 11) is -8.97. The van der Waals surface area contributed by atoms with Crippen LogP contribution >= 0.6 is 23.5 Å². The van der Waals surface area contributed by atoms with Crippen LogP contribution < -0.4 is 59.9 Å². The molecule has 5 fully saturated rings. The smallest absolute Gasteiger partial charge is 0.487 e. The van der Waals surface area contributed by atoms with Crippen LogP contribution in [0.15, 0.2) is 218 Å². The topological polar surface area (TPSA) is 542 Å². The summed E-state index contributed by atoms with van der Waals surface area (Å²) in [6, 6.07) is 61.5. The normalized spacial score (nSPS) is 25.4. The van der Waals surface area contributed by atoms with Crippen LogP contribution in [0, 0.1) is 11.8 Å². The largest absolute Gasteiger partial charge is 0.756 e. The molecule has 0 radical (unpaired) electrons. The molecule has 5 aliphatic heterocycles. The van der Waals surface area contributed by atoms with E-state index in [1.807, 2.05) is 45.0 Å². The Labute approximate surface area is 775 Å². The fraction of sp³-hybridized carbons (Fsp3) is 0.435. The zero-order valence-corrected chi connectivity index (χ0v) is 79.4. The number of nitrogens with one attached hydrogen (secondary N) is 2. The highest BCUT2D eigenvalue weighted by Crippen LogP contribution is 2.77. The van der Waals surface area contributed by atoms with Crippen LogP contribution in [0.25, 0.3) is 0 Å². The van der Waals surface area contributed by atoms with Gasteiger partial charge in [0.25, 0.3) is 15.6 Å². The number of carbonyl (C=O) groups is 4. The summed E-state index contributed by atoms with van der Waals surface area (Å²) in [6.07, 6.45) is -7.99. The van der Waals surface area contributed by atoms with Gasteiger partial charge in [-0.2, -0.15) is 0 Å². The molecule has 8 aromatic carbocycles. The van der Waals surface area contributed by atoms with Crippen LogP contribution in [0.3, 0.4) is 0 Å². The number of phenolic OH excluding ortho intramolecular Hbond substituents is 1. The highest BCUT2D eigenvalue weighted by molar-refractivity contribution is 7.74. The maximum absolute atomic E-state index is 12.7. The lowest BCUT2D eigenvalue weighted by Gasteiger charge is -2.38. The van der Waals surface area contributed by atoms with E-state index in [0.29, 0.717) is 51.0 Å². The first-order valence-electron chi connectivity index (χ1n) is 42.3. The molecule has 5 saturated heterocycles. The lowest BCUT2D eigenvalue weighted by atomic mass is 9.99. The summed E-state index contributed by atoms with van der Waals surface area (Å²) >= 11 is 0. The highest BCUT2D eigenvalue weighted by atomic mass is 31.3. The monoisotopic (exact) mass is 1930 g/mol. The van der Waals surface area contributed by atoms with Gasteiger partial charge in [0.15, 0.2) is 0 Å². The molecule has 12 N–H and O–H groups in total. The van der Waals surface area contributed by atoms with Crippen LogP contribution in [0.4, 0.5) is 0 Å². The summed E-state index contributed by atoms with van der Waals surface area (Å²) in [6.45, 7) is 19.3. The van der Waals surface area contributed by atoms with Gasteiger partial charge in [0, 0.05) is 26.1 Å². The number of aliphatic hydroxyl groups is 6. The standard InChI is InChI=1S/C27H26O7.C21H22O5.C12H17O14P3.C12H16O6.C7H8O2.C4H12N2.2C4H10.CH4O.H3N/c1-18-24(34-26(29)20-11-7-4-8-12-20)23(17-31-25(28)19-9-5-3-6-10-19)33-27(18)32-22-15-13-21(30-2)14-16-22;1-14-15(2)25-18(13-24-20(22)16-9-5-3-6-10-16)19(14)26-21(23)17-11-7-4-8-12-17;1-20-7-2-4-8(5-3-7)22-12-11(14)10(13)9(23-12)6-21-29(19)25-27(15,16)24-28(17,18)26-29;1-16-7-2-4-8(5-3-7)17-12-11(15)10(14)9(6-13)18-12;1-9-7-4-2-6(8)3-5-7;1-3-5-6-4-2;2*1-3-4-2;1-2;/h3-16,18,23-24,27H,17H2,1-2H3;3-12,14-15,18-19H,13H2,1-2H3;2-5,9-14H,6H2,1H3,(H,15,16)(H,17,18);2-5,9-15H,6H2,1H3;2-5,8H,1H3;5-6H,3-4H2,1-2H3;2*3-4H2,1-2H3;2H,1H3;1H3/p-2/t18-,23-,24+,27-;14-,15-,18+,19-;2*9-,10-,11-,12-;;;;;;/m1011....../s1. The number of hydrogen-bond donors (Lipinski definition) is 10. The number of phosphoric acid groups is 3. The zero-order chi connectivity index (χ0) is 97.4. The Morgan fingerprint density at radius 2 is 0.669 bits per heavy atom. The van der Waals surface area contributed by atoms with E-state index < -0.39 is 134 Å². The summed E-state index contributed by atoms with van der Waals surface area (Å²) < 4.78 is 132. The molecule has 13 rings (SSSR count). The van der Waals surface area contributed by atoms with Gasteiger partial charge in [0.2, 0.25) is 18.9 Å². The van der Waals surface area contributed by atoms with Crippen LogP contribution in [0.5, 0.6) is 46.0 Å². The number of esters is 4. The molecule has 0 aliphatic carbocycles. The van der Waals surface area contributed by atoms with Crippen molar-refractivity contribution in [3.63, 3.8) is 0 Å². The number of carbonyl (C=O) groups excluding carboxylic acids is 4. The number of aliphatic hydroxyl groups excluding tert-OH is 6. The molecule has 8 aromatic rings. The summed E-state index contributed by atoms with van der Waals surface area (Å²) in [5.41, 5.74) is 7.71. The molecule has 0 saturated carbocycles. The van der Waals surface area contributed by atoms with Crippen molar-refractivity contribution in [2.45, 2.75) is 174 Å². The van der Waals surface area contributed by atoms with E-state index in [1.165, 1.54) is 44.9 Å². The number of benzene rings is 8. The molecule has 2 unspecified atom stereocenters. The van der Waals surface area contributed by atoms with Crippen LogP contribution in [0.2, 0.25) is 0 Å². The molecule has 5 heterocycles. The maximum Gasteiger partial charge on any atom is 0.487 e. The number of phenols is 1. The SMILES string of the molecule is CCCC.CCCC.CCNNCC.CO.COc1ccc(O)cc1.COc1ccc(O[C@@H]2O[C@H](CO)[C@@H](O)[C@H]2O)cc1.COc1ccc(O[C@@H]2O[C@H](COC(=O)c3ccccc3)[C@@H](OC(=O)c3ccccc3)[C@H]2C)cc1.COc1ccc(O[C@@H]2O[C@H](COP3(=O)OP(=O)([O-])OP(=O)([O-])O3)[C@@H](O)[C@H]2O)cc1.C[C@@H]1[C@H](OC(=O)c2ccccc2)[C@@H](COC(=O)c2ccccc2)O[C@H]1C.N. The third kappa shape index (κ3) is 39.4. The third-order valence-electron chi connectivity index (χ3n) is 19.2. The molecule has 133 heavy (non-hydrogen) atoms. The molecule has 5 aliphatic rings. The van der Waals surface area contributed by atoms with Crippen molar-refractivity contribution in [1.29, 1.82) is 0 Å². The first-order valence-corrected chi connectivity index (χ1v) is 46.7. The number of hydrogen-bond acceptors (Lipinski definition) is 38. The third-order valence-corrected chi connectivity index (χ3v) is 24.5. The van der Waals surface area contributed by atoms with Gasteiger partial charge in [0.1, 0.15) is 120 Å². The van der Waals surface area contributed by atoms with Crippen molar-refractivity contribution in [2.24, 2.45) is 11.8 Å². The molecule has 0 aromatic heterocycles. The summed E-state index contributed by atoms with van der Waals surface area (Å²) in [5, 5.41) is 64.0. The molecule has 38 nitrogen and oxygen atoms in total. The average molecular weight is 1930 g/mol. The van der Waals surface area contributed by atoms with Crippen LogP contribution in [0.1, 0.15) is 129 Å². The number of rotatable bonds is 29. The quantitative estimate of drug-likeness (QED) is 0.00684. The Morgan fingerprint density at radius 3 is 0.992 bits per heavy atom. The molecule has 0 bridgehead atoms. The van der Waals surface area contributed by atoms with Gasteiger partial charge < -0.3 is 123 Å². The van der Waals surface area contributed by atoms with E-state index in [-0.39, 0.29) is 55.4 Å². The minimum atomic E-state index is -5.51. The zero-order valence-electron chi connectivity index (χ0n) is 76.7. The Balaban J connectivity index is 0.000000344. The second-order valence-corrected chi connectivity index (χ2v) is 33.7.